The number of nitrogens with zero attached hydrogens (tertiary/aromatic N) is 4. The molecule has 0 aliphatic rings. The van der Waals surface area contributed by atoms with Crippen LogP contribution in [0.15, 0.2) is 199 Å². The Morgan fingerprint density at radius 2 is 0.857 bits per heavy atom. The monoisotopic (exact) mass is 716 g/mol. The fourth-order valence-corrected chi connectivity index (χ4v) is 7.98. The molecule has 262 valence electrons. The number of fused-ring (bicyclic) bond motifs is 7. The first-order valence-corrected chi connectivity index (χ1v) is 18.8. The molecule has 0 unspecified atom stereocenters. The van der Waals surface area contributed by atoms with Crippen LogP contribution in [-0.4, -0.2) is 19.5 Å². The zero-order valence-electron chi connectivity index (χ0n) is 30.2. The summed E-state index contributed by atoms with van der Waals surface area (Å²) in [6.07, 6.45) is 0. The third kappa shape index (κ3) is 5.37. The van der Waals surface area contributed by atoms with Crippen LogP contribution in [0.25, 0.3) is 106 Å². The van der Waals surface area contributed by atoms with Crippen LogP contribution in [0.5, 0.6) is 0 Å². The molecule has 0 bridgehead atoms. The van der Waals surface area contributed by atoms with Gasteiger partial charge in [-0.25, -0.2) is 15.0 Å². The van der Waals surface area contributed by atoms with E-state index in [9.17, 15) is 0 Å². The second kappa shape index (κ2) is 13.0. The number of aromatic nitrogens is 4. The number of benzene rings is 8. The molecule has 0 aliphatic heterocycles. The molecule has 8 aromatic carbocycles. The minimum absolute atomic E-state index is 0.577. The molecular formula is C51H32N4O. The Morgan fingerprint density at radius 1 is 0.339 bits per heavy atom. The van der Waals surface area contributed by atoms with E-state index in [0.717, 1.165) is 88.4 Å². The van der Waals surface area contributed by atoms with Gasteiger partial charge in [0.05, 0.1) is 16.4 Å². The van der Waals surface area contributed by atoms with Gasteiger partial charge in [0, 0.05) is 38.5 Å². The highest BCUT2D eigenvalue weighted by Gasteiger charge is 2.20. The van der Waals surface area contributed by atoms with Crippen molar-refractivity contribution in [1.82, 2.24) is 19.5 Å². The Bertz CT molecular complexity index is 3170. The van der Waals surface area contributed by atoms with Crippen LogP contribution in [0.3, 0.4) is 0 Å². The quantitative estimate of drug-likeness (QED) is 0.172. The Labute approximate surface area is 322 Å². The maximum Gasteiger partial charge on any atom is 0.164 e. The van der Waals surface area contributed by atoms with Gasteiger partial charge in [-0.1, -0.05) is 133 Å². The van der Waals surface area contributed by atoms with Gasteiger partial charge in [-0.3, -0.25) is 0 Å². The first-order chi connectivity index (χ1) is 27.7. The maximum absolute atomic E-state index is 6.86. The van der Waals surface area contributed by atoms with Crippen molar-refractivity contribution in [3.05, 3.63) is 194 Å². The molecule has 11 aromatic rings. The van der Waals surface area contributed by atoms with Crippen LogP contribution in [0, 0.1) is 0 Å². The zero-order chi connectivity index (χ0) is 37.0. The highest BCUT2D eigenvalue weighted by atomic mass is 16.3. The van der Waals surface area contributed by atoms with E-state index in [1.165, 1.54) is 0 Å². The number of furan rings is 1. The highest BCUT2D eigenvalue weighted by molar-refractivity contribution is 6.24. The minimum Gasteiger partial charge on any atom is -0.455 e. The Kier molecular flexibility index (Phi) is 7.42. The first-order valence-electron chi connectivity index (χ1n) is 18.8. The third-order valence-electron chi connectivity index (χ3n) is 10.6. The molecule has 3 aromatic heterocycles. The predicted octanol–water partition coefficient (Wildman–Crippen LogP) is 13.2. The third-order valence-corrected chi connectivity index (χ3v) is 10.6. The van der Waals surface area contributed by atoms with Gasteiger partial charge in [-0.2, -0.15) is 0 Å². The molecule has 56 heavy (non-hydrogen) atoms. The number of hydrogen-bond donors (Lipinski definition) is 0. The molecule has 0 saturated heterocycles. The molecule has 5 heteroatoms. The topological polar surface area (TPSA) is 56.7 Å². The summed E-state index contributed by atoms with van der Waals surface area (Å²) in [6.45, 7) is 0. The Balaban J connectivity index is 1.11. The summed E-state index contributed by atoms with van der Waals surface area (Å²) in [5, 5.41) is 4.37. The van der Waals surface area contributed by atoms with Gasteiger partial charge in [0.25, 0.3) is 0 Å². The van der Waals surface area contributed by atoms with Crippen LogP contribution >= 0.6 is 0 Å². The Morgan fingerprint density at radius 3 is 1.52 bits per heavy atom. The van der Waals surface area contributed by atoms with Crippen LogP contribution in [-0.2, 0) is 0 Å². The molecule has 0 N–H and O–H groups in total. The van der Waals surface area contributed by atoms with Crippen molar-refractivity contribution < 1.29 is 4.42 Å². The van der Waals surface area contributed by atoms with E-state index in [0.29, 0.717) is 17.5 Å². The van der Waals surface area contributed by atoms with E-state index in [4.69, 9.17) is 19.4 Å². The minimum atomic E-state index is 0.577. The zero-order valence-corrected chi connectivity index (χ0v) is 30.2. The van der Waals surface area contributed by atoms with Crippen LogP contribution in [0.1, 0.15) is 0 Å². The van der Waals surface area contributed by atoms with E-state index < -0.39 is 0 Å². The first kappa shape index (κ1) is 31.9. The standard InChI is InChI=1S/C51H32N4O/c1-5-15-33(16-6-1)37-29-38(34-17-7-2-8-18-34)31-39(30-37)51-53-49(35-19-9-3-10-20-35)52-50(54-51)36-25-26-41-42-27-28-45-47(48(42)56-46(41)32-36)43-23-13-14-24-44(43)55(45)40-21-11-4-12-22-40/h1-32H. The van der Waals surface area contributed by atoms with Gasteiger partial charge in [0.2, 0.25) is 0 Å². The summed E-state index contributed by atoms with van der Waals surface area (Å²) in [7, 11) is 0. The van der Waals surface area contributed by atoms with Crippen molar-refractivity contribution in [2.75, 3.05) is 0 Å². The number of para-hydroxylation sites is 2. The van der Waals surface area contributed by atoms with Crippen molar-refractivity contribution in [2.45, 2.75) is 0 Å². The van der Waals surface area contributed by atoms with E-state index in [1.807, 2.05) is 42.5 Å². The largest absolute Gasteiger partial charge is 0.455 e. The molecule has 3 heterocycles. The molecule has 0 amide bonds. The molecule has 0 fully saturated rings. The Hall–Kier alpha value is -7.63. The van der Waals surface area contributed by atoms with Gasteiger partial charge in [0.15, 0.2) is 17.5 Å². The average Bonchev–Trinajstić information content (AvgIpc) is 3.83. The highest BCUT2D eigenvalue weighted by Crippen LogP contribution is 2.41. The van der Waals surface area contributed by atoms with Gasteiger partial charge >= 0.3 is 0 Å². The summed E-state index contributed by atoms with van der Waals surface area (Å²) in [6, 6.07) is 67.3. The molecule has 0 atom stereocenters. The van der Waals surface area contributed by atoms with Gasteiger partial charge in [-0.15, -0.1) is 0 Å². The maximum atomic E-state index is 6.86. The van der Waals surface area contributed by atoms with E-state index in [2.05, 4.69) is 156 Å². The number of rotatable bonds is 6. The molecule has 0 spiro atoms. The second-order valence-corrected chi connectivity index (χ2v) is 14.0. The van der Waals surface area contributed by atoms with Crippen molar-refractivity contribution in [3.8, 4) is 62.1 Å². The molecular weight excluding hydrogens is 685 g/mol. The van der Waals surface area contributed by atoms with Crippen molar-refractivity contribution >= 4 is 43.7 Å². The normalized spacial score (nSPS) is 11.6. The summed E-state index contributed by atoms with van der Waals surface area (Å²) in [5.41, 5.74) is 12.1. The SMILES string of the molecule is c1ccc(-c2cc(-c3ccccc3)cc(-c3nc(-c4ccccc4)nc(-c4ccc5c(c4)oc4c5ccc5c4c4ccccc4n5-c4ccccc4)n3)c2)cc1. The summed E-state index contributed by atoms with van der Waals surface area (Å²) in [4.78, 5) is 15.4. The predicted molar refractivity (Wildman–Crippen MR) is 229 cm³/mol. The van der Waals surface area contributed by atoms with E-state index in [-0.39, 0.29) is 0 Å². The average molecular weight is 717 g/mol. The molecule has 11 rings (SSSR count). The summed E-state index contributed by atoms with van der Waals surface area (Å²) < 4.78 is 9.18. The van der Waals surface area contributed by atoms with E-state index >= 15 is 0 Å². The van der Waals surface area contributed by atoms with E-state index in [1.54, 1.807) is 0 Å². The molecule has 5 nitrogen and oxygen atoms in total. The van der Waals surface area contributed by atoms with Crippen molar-refractivity contribution in [1.29, 1.82) is 0 Å². The van der Waals surface area contributed by atoms with Crippen LogP contribution < -0.4 is 0 Å². The van der Waals surface area contributed by atoms with Crippen molar-refractivity contribution in [3.63, 3.8) is 0 Å². The lowest BCUT2D eigenvalue weighted by Gasteiger charge is -2.12. The van der Waals surface area contributed by atoms with Gasteiger partial charge in [0.1, 0.15) is 11.2 Å². The molecule has 0 radical (unpaired) electrons. The van der Waals surface area contributed by atoms with Crippen molar-refractivity contribution in [2.24, 2.45) is 0 Å². The van der Waals surface area contributed by atoms with Crippen LogP contribution in [0.2, 0.25) is 0 Å². The lowest BCUT2D eigenvalue weighted by Crippen LogP contribution is -2.00. The molecule has 0 saturated carbocycles. The number of hydrogen-bond acceptors (Lipinski definition) is 4. The summed E-state index contributed by atoms with van der Waals surface area (Å²) in [5.74, 6) is 1.79. The second-order valence-electron chi connectivity index (χ2n) is 14.0. The fraction of sp³-hybridized carbons (Fsp3) is 0. The van der Waals surface area contributed by atoms with Crippen LogP contribution in [0.4, 0.5) is 0 Å². The smallest absolute Gasteiger partial charge is 0.164 e. The lowest BCUT2D eigenvalue weighted by molar-refractivity contribution is 0.673. The van der Waals surface area contributed by atoms with Gasteiger partial charge < -0.3 is 8.98 Å². The fourth-order valence-electron chi connectivity index (χ4n) is 7.98. The summed E-state index contributed by atoms with van der Waals surface area (Å²) >= 11 is 0. The van der Waals surface area contributed by atoms with Gasteiger partial charge in [-0.05, 0) is 82.9 Å². The lowest BCUT2D eigenvalue weighted by atomic mass is 9.96. The molecule has 0 aliphatic carbocycles.